The van der Waals surface area contributed by atoms with E-state index in [-0.39, 0.29) is 6.09 Å². The summed E-state index contributed by atoms with van der Waals surface area (Å²) in [6.07, 6.45) is -0.378. The van der Waals surface area contributed by atoms with Gasteiger partial charge in [-0.2, -0.15) is 0 Å². The standard InChI is InChI=1S/C10H12NO2/c1-8-4-6-9(7-5-8)13-10(12)11(2)3/h4-7H,1H2,2-3H3. The summed E-state index contributed by atoms with van der Waals surface area (Å²) in [6, 6.07) is 7.00. The topological polar surface area (TPSA) is 29.5 Å². The summed E-state index contributed by atoms with van der Waals surface area (Å²) in [5.74, 6) is 0.533. The van der Waals surface area contributed by atoms with Gasteiger partial charge < -0.3 is 9.64 Å². The zero-order valence-corrected chi connectivity index (χ0v) is 7.78. The molecule has 1 rings (SSSR count). The average molecular weight is 178 g/mol. The van der Waals surface area contributed by atoms with E-state index in [2.05, 4.69) is 6.92 Å². The molecule has 1 aromatic rings. The third-order valence-corrected chi connectivity index (χ3v) is 1.49. The maximum absolute atomic E-state index is 11.1. The molecule has 0 aromatic heterocycles. The normalized spacial score (nSPS) is 9.46. The Bertz CT molecular complexity index is 290. The third kappa shape index (κ3) is 2.78. The summed E-state index contributed by atoms with van der Waals surface area (Å²) in [6.45, 7) is 3.73. The summed E-state index contributed by atoms with van der Waals surface area (Å²) < 4.78 is 4.99. The van der Waals surface area contributed by atoms with Crippen LogP contribution in [0.25, 0.3) is 0 Å². The minimum absolute atomic E-state index is 0.378. The number of rotatable bonds is 1. The Labute approximate surface area is 77.9 Å². The van der Waals surface area contributed by atoms with Crippen LogP contribution in [0.5, 0.6) is 5.75 Å². The molecule has 0 aliphatic heterocycles. The Morgan fingerprint density at radius 2 is 1.85 bits per heavy atom. The van der Waals surface area contributed by atoms with E-state index in [1.807, 2.05) is 0 Å². The molecule has 0 saturated heterocycles. The van der Waals surface area contributed by atoms with E-state index in [1.54, 1.807) is 38.4 Å². The van der Waals surface area contributed by atoms with Crippen LogP contribution in [0, 0.1) is 6.92 Å². The molecule has 0 atom stereocenters. The summed E-state index contributed by atoms with van der Waals surface area (Å²) in [5.41, 5.74) is 0.893. The van der Waals surface area contributed by atoms with Crippen molar-refractivity contribution in [3.8, 4) is 5.75 Å². The molecule has 0 aliphatic rings. The van der Waals surface area contributed by atoms with Gasteiger partial charge in [0, 0.05) is 14.1 Å². The quantitative estimate of drug-likeness (QED) is 0.657. The summed E-state index contributed by atoms with van der Waals surface area (Å²) in [5, 5.41) is 0. The van der Waals surface area contributed by atoms with E-state index in [4.69, 9.17) is 4.74 Å². The molecule has 0 spiro atoms. The minimum atomic E-state index is -0.378. The van der Waals surface area contributed by atoms with Crippen molar-refractivity contribution in [2.75, 3.05) is 14.1 Å². The lowest BCUT2D eigenvalue weighted by atomic mass is 10.2. The van der Waals surface area contributed by atoms with Crippen LogP contribution in [0.3, 0.4) is 0 Å². The van der Waals surface area contributed by atoms with Crippen LogP contribution in [-0.4, -0.2) is 25.1 Å². The van der Waals surface area contributed by atoms with E-state index >= 15 is 0 Å². The van der Waals surface area contributed by atoms with Crippen molar-refractivity contribution in [1.82, 2.24) is 4.90 Å². The van der Waals surface area contributed by atoms with Gasteiger partial charge >= 0.3 is 6.09 Å². The highest BCUT2D eigenvalue weighted by Crippen LogP contribution is 2.11. The molecule has 0 saturated carbocycles. The van der Waals surface area contributed by atoms with Gasteiger partial charge in [-0.3, -0.25) is 0 Å². The Morgan fingerprint density at radius 3 is 2.31 bits per heavy atom. The maximum Gasteiger partial charge on any atom is 0.414 e. The SMILES string of the molecule is [CH2]c1ccc(OC(=O)N(C)C)cc1. The fourth-order valence-corrected chi connectivity index (χ4v) is 0.750. The van der Waals surface area contributed by atoms with Gasteiger partial charge in [-0.05, 0) is 24.6 Å². The second-order valence-electron chi connectivity index (χ2n) is 2.91. The molecule has 0 N–H and O–H groups in total. The second-order valence-corrected chi connectivity index (χ2v) is 2.91. The first kappa shape index (κ1) is 9.58. The highest BCUT2D eigenvalue weighted by molar-refractivity contribution is 5.69. The van der Waals surface area contributed by atoms with Gasteiger partial charge in [0.25, 0.3) is 0 Å². The van der Waals surface area contributed by atoms with E-state index in [9.17, 15) is 4.79 Å². The number of nitrogens with zero attached hydrogens (tertiary/aromatic N) is 1. The maximum atomic E-state index is 11.1. The highest BCUT2D eigenvalue weighted by atomic mass is 16.6. The van der Waals surface area contributed by atoms with Crippen molar-refractivity contribution in [2.24, 2.45) is 0 Å². The number of benzene rings is 1. The van der Waals surface area contributed by atoms with Crippen LogP contribution < -0.4 is 4.74 Å². The largest absolute Gasteiger partial charge is 0.414 e. The Balaban J connectivity index is 2.65. The predicted molar refractivity (Wildman–Crippen MR) is 50.6 cm³/mol. The van der Waals surface area contributed by atoms with E-state index in [0.717, 1.165) is 5.56 Å². The molecule has 0 unspecified atom stereocenters. The third-order valence-electron chi connectivity index (χ3n) is 1.49. The fourth-order valence-electron chi connectivity index (χ4n) is 0.750. The summed E-state index contributed by atoms with van der Waals surface area (Å²) in [4.78, 5) is 12.5. The van der Waals surface area contributed by atoms with Gasteiger partial charge in [0.2, 0.25) is 0 Å². The Morgan fingerprint density at radius 1 is 1.31 bits per heavy atom. The van der Waals surface area contributed by atoms with Crippen molar-refractivity contribution in [2.45, 2.75) is 0 Å². The molecule has 13 heavy (non-hydrogen) atoms. The van der Waals surface area contributed by atoms with Crippen molar-refractivity contribution in [3.05, 3.63) is 36.8 Å². The number of hydrogen-bond donors (Lipinski definition) is 0. The monoisotopic (exact) mass is 178 g/mol. The molecule has 0 fully saturated rings. The average Bonchev–Trinajstić information content (AvgIpc) is 2.08. The van der Waals surface area contributed by atoms with Crippen LogP contribution in [-0.2, 0) is 0 Å². The number of carbonyl (C=O) groups is 1. The zero-order valence-electron chi connectivity index (χ0n) is 7.78. The predicted octanol–water partition coefficient (Wildman–Crippen LogP) is 1.93. The minimum Gasteiger partial charge on any atom is -0.410 e. The van der Waals surface area contributed by atoms with E-state index < -0.39 is 0 Å². The van der Waals surface area contributed by atoms with Crippen LogP contribution in [0.1, 0.15) is 5.56 Å². The highest BCUT2D eigenvalue weighted by Gasteiger charge is 2.05. The molecule has 69 valence electrons. The molecular weight excluding hydrogens is 166 g/mol. The van der Waals surface area contributed by atoms with Gasteiger partial charge in [0.1, 0.15) is 5.75 Å². The smallest absolute Gasteiger partial charge is 0.410 e. The zero-order chi connectivity index (χ0) is 9.84. The molecule has 0 bridgehead atoms. The number of amides is 1. The lowest BCUT2D eigenvalue weighted by Gasteiger charge is -2.10. The van der Waals surface area contributed by atoms with Gasteiger partial charge in [-0.25, -0.2) is 4.79 Å². The van der Waals surface area contributed by atoms with E-state index in [1.165, 1.54) is 4.90 Å². The first-order chi connectivity index (χ1) is 6.09. The first-order valence-electron chi connectivity index (χ1n) is 3.91. The van der Waals surface area contributed by atoms with Crippen molar-refractivity contribution in [1.29, 1.82) is 0 Å². The molecule has 3 nitrogen and oxygen atoms in total. The van der Waals surface area contributed by atoms with Crippen LogP contribution >= 0.6 is 0 Å². The summed E-state index contributed by atoms with van der Waals surface area (Å²) >= 11 is 0. The van der Waals surface area contributed by atoms with Crippen LogP contribution in [0.2, 0.25) is 0 Å². The molecule has 1 aromatic carbocycles. The van der Waals surface area contributed by atoms with Crippen LogP contribution in [0.4, 0.5) is 4.79 Å². The van der Waals surface area contributed by atoms with Gasteiger partial charge in [0.05, 0.1) is 0 Å². The Hall–Kier alpha value is -1.51. The lowest BCUT2D eigenvalue weighted by molar-refractivity contribution is 0.172. The fraction of sp³-hybridized carbons (Fsp3) is 0.200. The van der Waals surface area contributed by atoms with Crippen molar-refractivity contribution < 1.29 is 9.53 Å². The number of hydrogen-bond acceptors (Lipinski definition) is 2. The van der Waals surface area contributed by atoms with Gasteiger partial charge in [-0.15, -0.1) is 0 Å². The second kappa shape index (κ2) is 3.94. The Kier molecular flexibility index (Phi) is 2.90. The molecule has 0 aliphatic carbocycles. The van der Waals surface area contributed by atoms with Gasteiger partial charge in [0.15, 0.2) is 0 Å². The molecule has 1 radical (unpaired) electrons. The lowest BCUT2D eigenvalue weighted by Crippen LogP contribution is -2.25. The number of ether oxygens (including phenoxy) is 1. The molecule has 0 heterocycles. The molecular formula is C10H12NO2. The van der Waals surface area contributed by atoms with Crippen molar-refractivity contribution in [3.63, 3.8) is 0 Å². The molecule has 1 amide bonds. The van der Waals surface area contributed by atoms with Gasteiger partial charge in [-0.1, -0.05) is 12.1 Å². The molecule has 3 heteroatoms. The van der Waals surface area contributed by atoms with Crippen LogP contribution in [0.15, 0.2) is 24.3 Å². The first-order valence-corrected chi connectivity index (χ1v) is 3.91. The number of carbonyl (C=O) groups excluding carboxylic acids is 1. The summed E-state index contributed by atoms with van der Waals surface area (Å²) in [7, 11) is 3.27. The van der Waals surface area contributed by atoms with Crippen molar-refractivity contribution >= 4 is 6.09 Å². The van der Waals surface area contributed by atoms with E-state index in [0.29, 0.717) is 5.75 Å².